The lowest BCUT2D eigenvalue weighted by Crippen LogP contribution is -2.10. The minimum Gasteiger partial charge on any atom is -0.357 e. The lowest BCUT2D eigenvalue weighted by Gasteiger charge is -2.20. The molecule has 0 bridgehead atoms. The molecule has 0 aromatic heterocycles. The zero-order chi connectivity index (χ0) is 25.1. The lowest BCUT2D eigenvalue weighted by atomic mass is 10.1. The van der Waals surface area contributed by atoms with Crippen molar-refractivity contribution >= 4 is 58.6 Å². The Balaban J connectivity index is 1.22. The third-order valence-electron chi connectivity index (χ3n) is 5.76. The number of carbonyl (C=O) groups excluding carboxylic acids is 2. The summed E-state index contributed by atoms with van der Waals surface area (Å²) < 4.78 is 0. The smallest absolute Gasteiger partial charge is 0.194 e. The van der Waals surface area contributed by atoms with Crippen molar-refractivity contribution in [3.05, 3.63) is 117 Å². The molecule has 2 aliphatic rings. The van der Waals surface area contributed by atoms with Crippen LogP contribution in [0.5, 0.6) is 0 Å². The van der Waals surface area contributed by atoms with Gasteiger partial charge in [0.25, 0.3) is 0 Å². The molecular formula is C30H24N2O2S2. The van der Waals surface area contributed by atoms with Gasteiger partial charge >= 0.3 is 0 Å². The van der Waals surface area contributed by atoms with E-state index in [1.54, 1.807) is 12.2 Å². The summed E-state index contributed by atoms with van der Waals surface area (Å²) in [7, 11) is 0. The maximum atomic E-state index is 12.8. The number of rotatable bonds is 6. The van der Waals surface area contributed by atoms with Crippen LogP contribution in [0.15, 0.2) is 116 Å². The van der Waals surface area contributed by atoms with Gasteiger partial charge in [-0.1, -0.05) is 84.2 Å². The van der Waals surface area contributed by atoms with Crippen molar-refractivity contribution < 1.29 is 9.59 Å². The van der Waals surface area contributed by atoms with Crippen molar-refractivity contribution in [2.45, 2.75) is 23.6 Å². The summed E-state index contributed by atoms with van der Waals surface area (Å²) >= 11 is 2.99. The molecule has 0 atom stereocenters. The van der Waals surface area contributed by atoms with E-state index in [9.17, 15) is 9.59 Å². The van der Waals surface area contributed by atoms with E-state index < -0.39 is 0 Å². The molecule has 6 heteroatoms. The lowest BCUT2D eigenvalue weighted by molar-refractivity contribution is -0.111. The summed E-state index contributed by atoms with van der Waals surface area (Å²) in [6.45, 7) is 3.84. The van der Waals surface area contributed by atoms with E-state index in [4.69, 9.17) is 0 Å². The molecule has 3 aromatic carbocycles. The predicted molar refractivity (Wildman–Crippen MR) is 152 cm³/mol. The zero-order valence-corrected chi connectivity index (χ0v) is 21.5. The molecular weight excluding hydrogens is 484 g/mol. The monoisotopic (exact) mass is 508 g/mol. The van der Waals surface area contributed by atoms with Crippen molar-refractivity contribution in [1.82, 2.24) is 0 Å². The molecule has 4 nitrogen and oxygen atoms in total. The fourth-order valence-corrected chi connectivity index (χ4v) is 5.83. The Labute approximate surface area is 219 Å². The van der Waals surface area contributed by atoms with Crippen LogP contribution < -0.4 is 10.6 Å². The number of hydrogen-bond donors (Lipinski definition) is 2. The number of thioether (sulfide) groups is 2. The largest absolute Gasteiger partial charge is 0.357 e. The Morgan fingerprint density at radius 3 is 1.42 bits per heavy atom. The first-order valence-electron chi connectivity index (χ1n) is 11.5. The first-order chi connectivity index (χ1) is 17.5. The molecule has 178 valence electrons. The van der Waals surface area contributed by atoms with E-state index in [1.807, 2.05) is 98.8 Å². The minimum absolute atomic E-state index is 0.0297. The number of allylic oxidation sites excluding steroid dienone is 6. The van der Waals surface area contributed by atoms with E-state index in [0.717, 1.165) is 43.7 Å². The zero-order valence-electron chi connectivity index (χ0n) is 19.9. The average molecular weight is 509 g/mol. The summed E-state index contributed by atoms with van der Waals surface area (Å²) in [4.78, 5) is 29.1. The molecule has 5 rings (SSSR count). The van der Waals surface area contributed by atoms with Gasteiger partial charge in [0.1, 0.15) is 0 Å². The highest BCUT2D eigenvalue weighted by Crippen LogP contribution is 2.41. The van der Waals surface area contributed by atoms with E-state index in [2.05, 4.69) is 10.6 Å². The van der Waals surface area contributed by atoms with E-state index in [0.29, 0.717) is 9.81 Å². The van der Waals surface area contributed by atoms with Crippen LogP contribution in [0.3, 0.4) is 0 Å². The molecule has 0 unspecified atom stereocenters. The van der Waals surface area contributed by atoms with Crippen LogP contribution in [0.1, 0.15) is 25.0 Å². The summed E-state index contributed by atoms with van der Waals surface area (Å²) in [6, 6.07) is 23.7. The molecule has 0 spiro atoms. The van der Waals surface area contributed by atoms with E-state index in [1.165, 1.54) is 23.5 Å². The van der Waals surface area contributed by atoms with Crippen LogP contribution in [0, 0.1) is 0 Å². The minimum atomic E-state index is -0.0297. The normalized spacial score (nSPS) is 14.9. The summed E-state index contributed by atoms with van der Waals surface area (Å²) in [5.74, 6) is -0.0595. The molecule has 36 heavy (non-hydrogen) atoms. The fraction of sp³-hybridized carbons (Fsp3) is 0.0667. The number of benzene rings is 3. The van der Waals surface area contributed by atoms with Gasteiger partial charge in [-0.2, -0.15) is 0 Å². The highest BCUT2D eigenvalue weighted by atomic mass is 32.2. The molecule has 0 saturated carbocycles. The van der Waals surface area contributed by atoms with Gasteiger partial charge in [0.05, 0.1) is 21.2 Å². The molecule has 2 heterocycles. The van der Waals surface area contributed by atoms with E-state index in [-0.39, 0.29) is 11.6 Å². The highest BCUT2D eigenvalue weighted by Gasteiger charge is 2.20. The summed E-state index contributed by atoms with van der Waals surface area (Å²) in [5.41, 5.74) is 5.61. The standard InChI is InChI=1S/C30H24N2O2S2/c1-19-29(35-27-9-5-3-7-23(27)31-19)25(33)17-15-21-11-13-22(14-12-21)16-18-26(34)30-20(2)32-24-8-4-6-10-28(24)36-30/h3-18,31-32H,1-2H3/b17-15+,18-16+. The SMILES string of the molecule is CC1=C(C(=O)/C=C/c2ccc(/C=C/C(=O)C3=C(C)Nc4ccccc4S3)cc2)Sc2ccccc2N1. The molecule has 0 aliphatic carbocycles. The second kappa shape index (κ2) is 10.5. The molecule has 0 amide bonds. The third-order valence-corrected chi connectivity index (χ3v) is 8.34. The number of carbonyl (C=O) groups is 2. The Morgan fingerprint density at radius 2 is 1.00 bits per heavy atom. The van der Waals surface area contributed by atoms with Gasteiger partial charge in [0.15, 0.2) is 11.6 Å². The predicted octanol–water partition coefficient (Wildman–Crippen LogP) is 7.75. The summed E-state index contributed by atoms with van der Waals surface area (Å²) in [5, 5.41) is 6.62. The molecule has 2 aliphatic heterocycles. The first kappa shape index (κ1) is 24.0. The number of para-hydroxylation sites is 2. The Bertz CT molecular complexity index is 1370. The molecule has 0 radical (unpaired) electrons. The van der Waals surface area contributed by atoms with Gasteiger partial charge in [-0.25, -0.2) is 0 Å². The maximum Gasteiger partial charge on any atom is 0.194 e. The van der Waals surface area contributed by atoms with Gasteiger partial charge in [-0.3, -0.25) is 9.59 Å². The Hall–Kier alpha value is -3.74. The van der Waals surface area contributed by atoms with Crippen LogP contribution >= 0.6 is 23.5 Å². The Morgan fingerprint density at radius 1 is 0.611 bits per heavy atom. The Kier molecular flexibility index (Phi) is 6.98. The molecule has 0 saturated heterocycles. The van der Waals surface area contributed by atoms with Crippen molar-refractivity contribution in [2.24, 2.45) is 0 Å². The number of anilines is 2. The van der Waals surface area contributed by atoms with Crippen LogP contribution in [0.2, 0.25) is 0 Å². The molecule has 3 aromatic rings. The number of hydrogen-bond acceptors (Lipinski definition) is 6. The van der Waals surface area contributed by atoms with Crippen molar-refractivity contribution in [2.75, 3.05) is 10.6 Å². The first-order valence-corrected chi connectivity index (χ1v) is 13.2. The van der Waals surface area contributed by atoms with Crippen LogP contribution in [-0.2, 0) is 9.59 Å². The third kappa shape index (κ3) is 5.25. The van der Waals surface area contributed by atoms with Gasteiger partial charge in [0.2, 0.25) is 0 Å². The highest BCUT2D eigenvalue weighted by molar-refractivity contribution is 8.04. The van der Waals surface area contributed by atoms with Crippen molar-refractivity contribution in [3.8, 4) is 0 Å². The van der Waals surface area contributed by atoms with Crippen LogP contribution in [0.25, 0.3) is 12.2 Å². The quantitative estimate of drug-likeness (QED) is 0.332. The van der Waals surface area contributed by atoms with Gasteiger partial charge < -0.3 is 10.6 Å². The van der Waals surface area contributed by atoms with Gasteiger partial charge in [-0.05, 0) is 61.4 Å². The van der Waals surface area contributed by atoms with Crippen LogP contribution in [-0.4, -0.2) is 11.6 Å². The summed E-state index contributed by atoms with van der Waals surface area (Å²) in [6.07, 6.45) is 6.85. The fourth-order valence-electron chi connectivity index (χ4n) is 3.89. The number of ketones is 2. The molecule has 2 N–H and O–H groups in total. The van der Waals surface area contributed by atoms with E-state index >= 15 is 0 Å². The van der Waals surface area contributed by atoms with Crippen molar-refractivity contribution in [3.63, 3.8) is 0 Å². The second-order valence-electron chi connectivity index (χ2n) is 8.42. The van der Waals surface area contributed by atoms with Crippen LogP contribution in [0.4, 0.5) is 11.4 Å². The second-order valence-corrected chi connectivity index (χ2v) is 10.5. The van der Waals surface area contributed by atoms with Crippen molar-refractivity contribution in [1.29, 1.82) is 0 Å². The van der Waals surface area contributed by atoms with Gasteiger partial charge in [-0.15, -0.1) is 0 Å². The molecule has 0 fully saturated rings. The topological polar surface area (TPSA) is 58.2 Å². The van der Waals surface area contributed by atoms with Gasteiger partial charge in [0, 0.05) is 21.2 Å². The number of fused-ring (bicyclic) bond motifs is 2. The maximum absolute atomic E-state index is 12.8. The average Bonchev–Trinajstić information content (AvgIpc) is 2.90. The number of nitrogens with one attached hydrogen (secondary N) is 2.